The Morgan fingerprint density at radius 3 is 2.74 bits per heavy atom. The van der Waals surface area contributed by atoms with Gasteiger partial charge < -0.3 is 9.67 Å². The fraction of sp³-hybridized carbons (Fsp3) is 0.467. The summed E-state index contributed by atoms with van der Waals surface area (Å²) in [4.78, 5) is 15.6. The third kappa shape index (κ3) is 2.84. The molecule has 102 valence electrons. The zero-order valence-electron chi connectivity index (χ0n) is 11.7. The molecule has 19 heavy (non-hydrogen) atoms. The van der Waals surface area contributed by atoms with Gasteiger partial charge in [-0.2, -0.15) is 0 Å². The molecule has 0 saturated carbocycles. The van der Waals surface area contributed by atoms with Crippen molar-refractivity contribution in [2.75, 3.05) is 0 Å². The number of aliphatic hydroxyl groups is 1. The first-order valence-corrected chi connectivity index (χ1v) is 6.62. The second kappa shape index (κ2) is 5.53. The Kier molecular flexibility index (Phi) is 4.00. The Morgan fingerprint density at radius 1 is 1.42 bits per heavy atom. The highest BCUT2D eigenvalue weighted by Crippen LogP contribution is 2.22. The van der Waals surface area contributed by atoms with Gasteiger partial charge in [-0.05, 0) is 30.5 Å². The molecular formula is C15H20N2O2. The van der Waals surface area contributed by atoms with Gasteiger partial charge in [-0.15, -0.1) is 0 Å². The maximum absolute atomic E-state index is 11.1. The maximum Gasteiger partial charge on any atom is 0.135 e. The zero-order valence-corrected chi connectivity index (χ0v) is 11.7. The highest BCUT2D eigenvalue weighted by Gasteiger charge is 2.11. The molecule has 0 fully saturated rings. The number of hydrogen-bond acceptors (Lipinski definition) is 3. The number of benzene rings is 1. The first kappa shape index (κ1) is 13.7. The third-order valence-corrected chi connectivity index (χ3v) is 3.35. The minimum absolute atomic E-state index is 0.108. The molecule has 0 aliphatic heterocycles. The lowest BCUT2D eigenvalue weighted by Crippen LogP contribution is -2.06. The Hall–Kier alpha value is -1.68. The summed E-state index contributed by atoms with van der Waals surface area (Å²) in [6.45, 7) is 6.32. The molecule has 0 radical (unpaired) electrons. The van der Waals surface area contributed by atoms with E-state index in [4.69, 9.17) is 0 Å². The topological polar surface area (TPSA) is 55.1 Å². The average molecular weight is 260 g/mol. The van der Waals surface area contributed by atoms with Crippen molar-refractivity contribution in [2.45, 2.75) is 46.3 Å². The van der Waals surface area contributed by atoms with Crippen molar-refractivity contribution < 1.29 is 9.90 Å². The van der Waals surface area contributed by atoms with Gasteiger partial charge in [-0.25, -0.2) is 4.98 Å². The summed E-state index contributed by atoms with van der Waals surface area (Å²) in [6, 6.07) is 6.17. The molecule has 1 heterocycles. The molecule has 0 aliphatic rings. The van der Waals surface area contributed by atoms with E-state index in [2.05, 4.69) is 31.0 Å². The average Bonchev–Trinajstić information content (AvgIpc) is 2.72. The molecule has 0 unspecified atom stereocenters. The van der Waals surface area contributed by atoms with Crippen LogP contribution in [0.4, 0.5) is 0 Å². The molecule has 4 heteroatoms. The lowest BCUT2D eigenvalue weighted by Gasteiger charge is -2.07. The van der Waals surface area contributed by atoms with E-state index in [0.29, 0.717) is 24.7 Å². The Labute approximate surface area is 113 Å². The van der Waals surface area contributed by atoms with Crippen molar-refractivity contribution in [3.05, 3.63) is 29.6 Å². The molecule has 0 saturated heterocycles. The normalized spacial score (nSPS) is 11.4. The number of aryl methyl sites for hydroxylation is 1. The van der Waals surface area contributed by atoms with Gasteiger partial charge in [0.05, 0.1) is 11.0 Å². The van der Waals surface area contributed by atoms with Gasteiger partial charge in [0, 0.05) is 13.0 Å². The number of imidazole rings is 1. The molecule has 2 rings (SSSR count). The van der Waals surface area contributed by atoms with E-state index >= 15 is 0 Å². The molecule has 2 aromatic rings. The fourth-order valence-corrected chi connectivity index (χ4v) is 2.20. The van der Waals surface area contributed by atoms with Crippen molar-refractivity contribution in [3.8, 4) is 0 Å². The monoisotopic (exact) mass is 260 g/mol. The zero-order chi connectivity index (χ0) is 14.0. The first-order valence-electron chi connectivity index (χ1n) is 6.62. The quantitative estimate of drug-likeness (QED) is 0.899. The van der Waals surface area contributed by atoms with Crippen molar-refractivity contribution >= 4 is 16.8 Å². The van der Waals surface area contributed by atoms with E-state index in [1.807, 2.05) is 10.6 Å². The van der Waals surface area contributed by atoms with Crippen molar-refractivity contribution in [2.24, 2.45) is 0 Å². The molecular weight excluding hydrogens is 240 g/mol. The summed E-state index contributed by atoms with van der Waals surface area (Å²) < 4.78 is 1.93. The van der Waals surface area contributed by atoms with Gasteiger partial charge in [0.1, 0.15) is 18.2 Å². The number of aromatic nitrogens is 2. The first-order chi connectivity index (χ1) is 9.02. The van der Waals surface area contributed by atoms with E-state index in [1.54, 1.807) is 6.92 Å². The molecule has 0 atom stereocenters. The molecule has 0 spiro atoms. The van der Waals surface area contributed by atoms with Crippen molar-refractivity contribution in [1.29, 1.82) is 0 Å². The number of fused-ring (bicyclic) bond motifs is 1. The Morgan fingerprint density at radius 2 is 2.16 bits per heavy atom. The number of carbonyl (C=O) groups excluding carboxylic acids is 1. The fourth-order valence-electron chi connectivity index (χ4n) is 2.20. The summed E-state index contributed by atoms with van der Waals surface area (Å²) in [5.74, 6) is 1.21. The predicted octanol–water partition coefficient (Wildman–Crippen LogP) is 2.63. The lowest BCUT2D eigenvalue weighted by molar-refractivity contribution is -0.117. The Bertz CT molecular complexity index is 599. The van der Waals surface area contributed by atoms with Crippen LogP contribution in [0.15, 0.2) is 18.2 Å². The van der Waals surface area contributed by atoms with Crippen LogP contribution in [-0.2, 0) is 17.9 Å². The number of carbonyl (C=O) groups is 1. The van der Waals surface area contributed by atoms with Crippen molar-refractivity contribution in [1.82, 2.24) is 9.55 Å². The van der Waals surface area contributed by atoms with Gasteiger partial charge in [-0.3, -0.25) is 4.79 Å². The summed E-state index contributed by atoms with van der Waals surface area (Å²) in [6.07, 6.45) is 0.463. The van der Waals surface area contributed by atoms with Crippen LogP contribution in [0.3, 0.4) is 0 Å². The van der Waals surface area contributed by atoms with Crippen LogP contribution in [0, 0.1) is 0 Å². The number of ketones is 1. The number of rotatable bonds is 5. The third-order valence-electron chi connectivity index (χ3n) is 3.35. The highest BCUT2D eigenvalue weighted by atomic mass is 16.3. The van der Waals surface area contributed by atoms with Gasteiger partial charge in [0.2, 0.25) is 0 Å². The molecule has 0 bridgehead atoms. The predicted molar refractivity (Wildman–Crippen MR) is 75.0 cm³/mol. The van der Waals surface area contributed by atoms with Crippen LogP contribution in [0.2, 0.25) is 0 Å². The summed E-state index contributed by atoms with van der Waals surface area (Å²) >= 11 is 0. The van der Waals surface area contributed by atoms with Crippen LogP contribution in [-0.4, -0.2) is 20.4 Å². The van der Waals surface area contributed by atoms with Gasteiger partial charge in [0.15, 0.2) is 0 Å². The molecule has 0 amide bonds. The summed E-state index contributed by atoms with van der Waals surface area (Å²) in [7, 11) is 0. The smallest absolute Gasteiger partial charge is 0.135 e. The minimum atomic E-state index is -0.108. The van der Waals surface area contributed by atoms with Crippen LogP contribution in [0.1, 0.15) is 44.5 Å². The minimum Gasteiger partial charge on any atom is -0.388 e. The molecule has 0 aliphatic carbocycles. The Balaban J connectivity index is 2.46. The summed E-state index contributed by atoms with van der Waals surface area (Å²) in [5, 5.41) is 9.39. The van der Waals surface area contributed by atoms with E-state index in [1.165, 1.54) is 5.56 Å². The largest absolute Gasteiger partial charge is 0.388 e. The number of nitrogens with zero attached hydrogens (tertiary/aromatic N) is 2. The number of aliphatic hydroxyl groups excluding tert-OH is 1. The van der Waals surface area contributed by atoms with E-state index in [-0.39, 0.29) is 12.4 Å². The number of Topliss-reactive ketones (excluding diaryl/α,β-unsaturated/α-hetero) is 1. The van der Waals surface area contributed by atoms with Gasteiger partial charge in [-0.1, -0.05) is 19.9 Å². The van der Waals surface area contributed by atoms with Gasteiger partial charge in [0.25, 0.3) is 0 Å². The second-order valence-corrected chi connectivity index (χ2v) is 5.19. The van der Waals surface area contributed by atoms with E-state index in [0.717, 1.165) is 11.0 Å². The molecule has 1 aromatic carbocycles. The van der Waals surface area contributed by atoms with Crippen LogP contribution < -0.4 is 0 Å². The van der Waals surface area contributed by atoms with Crippen LogP contribution >= 0.6 is 0 Å². The molecule has 4 nitrogen and oxygen atoms in total. The number of hydrogen-bond donors (Lipinski definition) is 1. The van der Waals surface area contributed by atoms with E-state index in [9.17, 15) is 9.90 Å². The summed E-state index contributed by atoms with van der Waals surface area (Å²) in [5.41, 5.74) is 3.10. The SMILES string of the molecule is CC(=O)CCn1c(CO)nc2cc(C(C)C)ccc21. The standard InChI is InChI=1S/C15H20N2O2/c1-10(2)12-4-5-14-13(8-12)16-15(9-18)17(14)7-6-11(3)19/h4-5,8,10,18H,6-7,9H2,1-3H3. The molecule has 1 aromatic heterocycles. The van der Waals surface area contributed by atoms with Gasteiger partial charge >= 0.3 is 0 Å². The maximum atomic E-state index is 11.1. The molecule has 1 N–H and O–H groups in total. The second-order valence-electron chi connectivity index (χ2n) is 5.19. The lowest BCUT2D eigenvalue weighted by atomic mass is 10.0. The van der Waals surface area contributed by atoms with Crippen molar-refractivity contribution in [3.63, 3.8) is 0 Å². The van der Waals surface area contributed by atoms with Crippen LogP contribution in [0.25, 0.3) is 11.0 Å². The van der Waals surface area contributed by atoms with E-state index < -0.39 is 0 Å². The highest BCUT2D eigenvalue weighted by molar-refractivity contribution is 5.78. The van der Waals surface area contributed by atoms with Crippen LogP contribution in [0.5, 0.6) is 0 Å².